The molecule has 0 bridgehead atoms. The second-order valence-electron chi connectivity index (χ2n) is 8.86. The van der Waals surface area contributed by atoms with Gasteiger partial charge >= 0.3 is 0 Å². The van der Waals surface area contributed by atoms with Gasteiger partial charge < -0.3 is 23.5 Å². The molecule has 11 heteroatoms. The van der Waals surface area contributed by atoms with Crippen LogP contribution in [0.25, 0.3) is 0 Å². The molecular weight excluding hydrogens is 476 g/mol. The first-order valence-electron chi connectivity index (χ1n) is 11.4. The molecule has 0 unspecified atom stereocenters. The highest BCUT2D eigenvalue weighted by Gasteiger charge is 2.32. The number of methoxy groups -OCH3 is 2. The van der Waals surface area contributed by atoms with Gasteiger partial charge in [0.1, 0.15) is 12.0 Å². The van der Waals surface area contributed by atoms with Gasteiger partial charge in [-0.15, -0.1) is 0 Å². The van der Waals surface area contributed by atoms with E-state index >= 15 is 0 Å². The predicted molar refractivity (Wildman–Crippen MR) is 128 cm³/mol. The van der Waals surface area contributed by atoms with Gasteiger partial charge in [0.05, 0.1) is 32.3 Å². The van der Waals surface area contributed by atoms with Crippen LogP contribution in [0.2, 0.25) is 0 Å². The van der Waals surface area contributed by atoms with Crippen molar-refractivity contribution in [1.82, 2.24) is 9.80 Å². The molecule has 2 aromatic rings. The molecule has 2 aliphatic rings. The van der Waals surface area contributed by atoms with Crippen LogP contribution >= 0.6 is 0 Å². The maximum absolute atomic E-state index is 12.5. The Kier molecular flexibility index (Phi) is 7.36. The van der Waals surface area contributed by atoms with E-state index in [9.17, 15) is 18.0 Å². The third kappa shape index (κ3) is 5.79. The minimum Gasteiger partial charge on any atom is -0.493 e. The van der Waals surface area contributed by atoms with Crippen LogP contribution in [0, 0.1) is 0 Å². The number of carbonyl (C=O) groups is 1. The number of hydrogen-bond acceptors (Lipinski definition) is 9. The zero-order valence-corrected chi connectivity index (χ0v) is 20.9. The molecule has 190 valence electrons. The maximum Gasteiger partial charge on any atom is 0.260 e. The normalized spacial score (nSPS) is 19.1. The Morgan fingerprint density at radius 2 is 1.86 bits per heavy atom. The summed E-state index contributed by atoms with van der Waals surface area (Å²) in [5.41, 5.74) is 1.96. The van der Waals surface area contributed by atoms with Crippen molar-refractivity contribution in [3.63, 3.8) is 0 Å². The zero-order chi connectivity index (χ0) is 25.2. The van der Waals surface area contributed by atoms with Crippen molar-refractivity contribution in [3.05, 3.63) is 51.6 Å². The number of amides is 1. The van der Waals surface area contributed by atoms with Crippen LogP contribution in [0.15, 0.2) is 33.7 Å². The van der Waals surface area contributed by atoms with Crippen LogP contribution in [-0.2, 0) is 34.1 Å². The fourth-order valence-electron chi connectivity index (χ4n) is 4.45. The molecule has 1 fully saturated rings. The molecule has 0 aliphatic carbocycles. The highest BCUT2D eigenvalue weighted by atomic mass is 32.2. The third-order valence-corrected chi connectivity index (χ3v) is 8.28. The Morgan fingerprint density at radius 1 is 1.14 bits per heavy atom. The van der Waals surface area contributed by atoms with Gasteiger partial charge in [-0.05, 0) is 36.1 Å². The minimum absolute atomic E-state index is 0.0482. The first-order chi connectivity index (χ1) is 16.7. The molecule has 1 saturated heterocycles. The van der Waals surface area contributed by atoms with Gasteiger partial charge in [-0.3, -0.25) is 14.5 Å². The highest BCUT2D eigenvalue weighted by molar-refractivity contribution is 7.91. The summed E-state index contributed by atoms with van der Waals surface area (Å²) in [6, 6.07) is 4.98. The molecular formula is C24H30N2O8S. The average molecular weight is 507 g/mol. The number of benzene rings is 1. The van der Waals surface area contributed by atoms with E-state index in [1.165, 1.54) is 22.8 Å². The Bertz CT molecular complexity index is 1260. The molecule has 2 aliphatic heterocycles. The summed E-state index contributed by atoms with van der Waals surface area (Å²) in [5.74, 6) is 1.45. The van der Waals surface area contributed by atoms with E-state index in [0.717, 1.165) is 18.5 Å². The molecule has 0 spiro atoms. The van der Waals surface area contributed by atoms with Gasteiger partial charge in [0.25, 0.3) is 5.91 Å². The number of ether oxygens (including phenoxy) is 3. The summed E-state index contributed by atoms with van der Waals surface area (Å²) in [6.45, 7) is 1.55. The minimum atomic E-state index is -3.10. The fraction of sp³-hybridized carbons (Fsp3) is 0.500. The summed E-state index contributed by atoms with van der Waals surface area (Å²) >= 11 is 0. The molecule has 4 rings (SSSR count). The van der Waals surface area contributed by atoms with Gasteiger partial charge in [0.15, 0.2) is 27.9 Å². The van der Waals surface area contributed by atoms with Crippen molar-refractivity contribution in [2.24, 2.45) is 0 Å². The lowest BCUT2D eigenvalue weighted by Crippen LogP contribution is -2.40. The van der Waals surface area contributed by atoms with Crippen LogP contribution in [0.5, 0.6) is 17.2 Å². The van der Waals surface area contributed by atoms with Crippen LogP contribution in [-0.4, -0.2) is 76.1 Å². The molecule has 3 heterocycles. The molecule has 0 saturated carbocycles. The van der Waals surface area contributed by atoms with Crippen LogP contribution < -0.4 is 19.6 Å². The molecule has 1 atom stereocenters. The monoisotopic (exact) mass is 506 g/mol. The van der Waals surface area contributed by atoms with Gasteiger partial charge in [-0.2, -0.15) is 0 Å². The maximum atomic E-state index is 12.5. The van der Waals surface area contributed by atoms with Crippen LogP contribution in [0.4, 0.5) is 0 Å². The Labute approximate surface area is 204 Å². The smallest absolute Gasteiger partial charge is 0.260 e. The van der Waals surface area contributed by atoms with E-state index in [1.807, 2.05) is 12.1 Å². The van der Waals surface area contributed by atoms with Crippen molar-refractivity contribution in [2.75, 3.05) is 45.9 Å². The predicted octanol–water partition coefficient (Wildman–Crippen LogP) is 1.24. The van der Waals surface area contributed by atoms with Crippen LogP contribution in [0.1, 0.15) is 23.3 Å². The second kappa shape index (κ2) is 10.3. The van der Waals surface area contributed by atoms with E-state index in [1.54, 1.807) is 21.3 Å². The van der Waals surface area contributed by atoms with Crippen LogP contribution in [0.3, 0.4) is 0 Å². The average Bonchev–Trinajstić information content (AvgIpc) is 3.21. The molecule has 35 heavy (non-hydrogen) atoms. The number of nitrogens with zero attached hydrogens (tertiary/aromatic N) is 2. The highest BCUT2D eigenvalue weighted by Crippen LogP contribution is 2.33. The number of likely N-dealkylation sites (N-methyl/N-ethyl adjacent to an activating group) is 1. The third-order valence-electron chi connectivity index (χ3n) is 6.53. The Hall–Kier alpha value is -3.05. The molecule has 0 N–H and O–H groups in total. The largest absolute Gasteiger partial charge is 0.493 e. The van der Waals surface area contributed by atoms with Crippen molar-refractivity contribution < 1.29 is 31.8 Å². The van der Waals surface area contributed by atoms with Gasteiger partial charge in [0, 0.05) is 32.2 Å². The van der Waals surface area contributed by atoms with Gasteiger partial charge in [0.2, 0.25) is 11.2 Å². The lowest BCUT2D eigenvalue weighted by atomic mass is 9.98. The molecule has 10 nitrogen and oxygen atoms in total. The SMILES string of the molecule is COc1cc2c(cc1OC)CN(Cc1cc(=O)c(OCC(=O)N(C)[C@@H]3CCS(=O)(=O)C3)co1)CC2. The van der Waals surface area contributed by atoms with Crippen molar-refractivity contribution in [1.29, 1.82) is 0 Å². The van der Waals surface area contributed by atoms with Crippen molar-refractivity contribution in [3.8, 4) is 17.2 Å². The molecule has 1 aromatic carbocycles. The number of sulfone groups is 1. The second-order valence-corrected chi connectivity index (χ2v) is 11.1. The lowest BCUT2D eigenvalue weighted by Gasteiger charge is -2.29. The fourth-order valence-corrected chi connectivity index (χ4v) is 6.22. The lowest BCUT2D eigenvalue weighted by molar-refractivity contribution is -0.133. The molecule has 1 aromatic heterocycles. The Morgan fingerprint density at radius 3 is 2.49 bits per heavy atom. The number of hydrogen-bond donors (Lipinski definition) is 0. The summed E-state index contributed by atoms with van der Waals surface area (Å²) in [4.78, 5) is 28.5. The van der Waals surface area contributed by atoms with E-state index in [2.05, 4.69) is 4.90 Å². The van der Waals surface area contributed by atoms with E-state index in [4.69, 9.17) is 18.6 Å². The van der Waals surface area contributed by atoms with E-state index < -0.39 is 15.7 Å². The summed E-state index contributed by atoms with van der Waals surface area (Å²) in [7, 11) is 1.66. The topological polar surface area (TPSA) is 116 Å². The Balaban J connectivity index is 1.34. The van der Waals surface area contributed by atoms with Crippen molar-refractivity contribution in [2.45, 2.75) is 32.0 Å². The number of fused-ring (bicyclic) bond motifs is 1. The molecule has 1 amide bonds. The number of carbonyl (C=O) groups excluding carboxylic acids is 1. The van der Waals surface area contributed by atoms with E-state index in [0.29, 0.717) is 36.8 Å². The zero-order valence-electron chi connectivity index (χ0n) is 20.1. The standard InChI is InChI=1S/C24H30N2O8S/c1-25(18-5-7-35(29,30)15-18)24(28)14-34-23-13-33-19(10-20(23)27)12-26-6-4-16-8-21(31-2)22(32-3)9-17(16)11-26/h8-10,13,18H,4-7,11-12,14-15H2,1-3H3/t18-/m1/s1. The quantitative estimate of drug-likeness (QED) is 0.521. The first kappa shape index (κ1) is 25.1. The molecule has 0 radical (unpaired) electrons. The van der Waals surface area contributed by atoms with Gasteiger partial charge in [-0.25, -0.2) is 8.42 Å². The summed E-state index contributed by atoms with van der Waals surface area (Å²) in [5, 5.41) is 0. The number of rotatable bonds is 8. The van der Waals surface area contributed by atoms with Gasteiger partial charge in [-0.1, -0.05) is 0 Å². The summed E-state index contributed by atoms with van der Waals surface area (Å²) < 4.78 is 45.1. The van der Waals surface area contributed by atoms with E-state index in [-0.39, 0.29) is 35.3 Å². The first-order valence-corrected chi connectivity index (χ1v) is 13.2. The summed E-state index contributed by atoms with van der Waals surface area (Å²) in [6.07, 6.45) is 2.46. The van der Waals surface area contributed by atoms with Crippen molar-refractivity contribution >= 4 is 15.7 Å².